The van der Waals surface area contributed by atoms with Crippen LogP contribution in [0, 0.1) is 5.92 Å². The van der Waals surface area contributed by atoms with Crippen molar-refractivity contribution >= 4 is 5.57 Å². The molecule has 0 fully saturated rings. The third kappa shape index (κ3) is 5.15. The van der Waals surface area contributed by atoms with E-state index in [0.29, 0.717) is 19.1 Å². The molecule has 5 heteroatoms. The number of hydrogen-bond acceptors (Lipinski definition) is 5. The van der Waals surface area contributed by atoms with Crippen molar-refractivity contribution in [2.75, 3.05) is 6.61 Å². The lowest BCUT2D eigenvalue weighted by molar-refractivity contribution is 0.0834. The van der Waals surface area contributed by atoms with Gasteiger partial charge in [0.15, 0.2) is 6.23 Å². The molecule has 1 atom stereocenters. The minimum Gasteiger partial charge on any atom is -0.488 e. The van der Waals surface area contributed by atoms with E-state index in [0.717, 1.165) is 47.5 Å². The summed E-state index contributed by atoms with van der Waals surface area (Å²) in [5.74, 6) is 1.22. The van der Waals surface area contributed by atoms with Crippen molar-refractivity contribution < 1.29 is 9.47 Å². The van der Waals surface area contributed by atoms with Crippen LogP contribution < -0.4 is 15.8 Å². The van der Waals surface area contributed by atoms with Gasteiger partial charge in [0.2, 0.25) is 0 Å². The van der Waals surface area contributed by atoms with Gasteiger partial charge in [0.25, 0.3) is 0 Å². The molecule has 0 aliphatic carbocycles. The van der Waals surface area contributed by atoms with Crippen molar-refractivity contribution in [3.8, 4) is 5.75 Å². The fourth-order valence-electron chi connectivity index (χ4n) is 3.38. The number of allylic oxidation sites excluding steroid dienone is 3. The molecule has 0 saturated heterocycles. The molecule has 3 N–H and O–H groups in total. The minimum atomic E-state index is -0.207. The normalized spacial score (nSPS) is 16.8. The first-order valence-electron chi connectivity index (χ1n) is 10.7. The Hall–Kier alpha value is -1.85. The molecule has 1 unspecified atom stereocenters. The molecule has 2 heterocycles. The van der Waals surface area contributed by atoms with Crippen molar-refractivity contribution in [1.82, 2.24) is 10.3 Å². The Kier molecular flexibility index (Phi) is 8.52. The van der Waals surface area contributed by atoms with Gasteiger partial charge in [-0.2, -0.15) is 0 Å². The lowest BCUT2D eigenvalue weighted by atomic mass is 9.97. The fourth-order valence-corrected chi connectivity index (χ4v) is 3.38. The molecular formula is C23H37N3O2. The maximum atomic E-state index is 6.22. The summed E-state index contributed by atoms with van der Waals surface area (Å²) in [5, 5.41) is 3.52. The SMILES string of the molecule is CCOC1NC(C(C)C)=CC=C1c1nc(CN)c(OC(CC)CC)cc1CC. The van der Waals surface area contributed by atoms with E-state index in [4.69, 9.17) is 20.2 Å². The van der Waals surface area contributed by atoms with E-state index in [1.807, 2.05) is 6.92 Å². The van der Waals surface area contributed by atoms with Crippen LogP contribution in [0.2, 0.25) is 0 Å². The Morgan fingerprint density at radius 2 is 1.86 bits per heavy atom. The molecule has 1 aromatic rings. The summed E-state index contributed by atoms with van der Waals surface area (Å²) in [6.07, 6.45) is 7.04. The number of aromatic nitrogens is 1. The first kappa shape index (κ1) is 22.4. The first-order valence-corrected chi connectivity index (χ1v) is 10.7. The van der Waals surface area contributed by atoms with E-state index in [1.54, 1.807) is 0 Å². The molecule has 0 aromatic carbocycles. The number of dihydropyridines is 1. The van der Waals surface area contributed by atoms with Crippen LogP contribution >= 0.6 is 0 Å². The van der Waals surface area contributed by atoms with Crippen molar-refractivity contribution in [3.63, 3.8) is 0 Å². The molecular weight excluding hydrogens is 350 g/mol. The summed E-state index contributed by atoms with van der Waals surface area (Å²) in [6.45, 7) is 13.8. The second-order valence-corrected chi connectivity index (χ2v) is 7.43. The summed E-state index contributed by atoms with van der Waals surface area (Å²) in [5.41, 5.74) is 11.2. The van der Waals surface area contributed by atoms with E-state index in [-0.39, 0.29) is 12.3 Å². The highest BCUT2D eigenvalue weighted by Gasteiger charge is 2.25. The second kappa shape index (κ2) is 10.6. The van der Waals surface area contributed by atoms with Crippen LogP contribution in [0.25, 0.3) is 5.57 Å². The number of aryl methyl sites for hydroxylation is 1. The van der Waals surface area contributed by atoms with Crippen LogP contribution in [-0.4, -0.2) is 23.9 Å². The first-order chi connectivity index (χ1) is 13.5. The average Bonchev–Trinajstić information content (AvgIpc) is 2.71. The maximum Gasteiger partial charge on any atom is 0.155 e. The summed E-state index contributed by atoms with van der Waals surface area (Å²) in [6, 6.07) is 2.12. The third-order valence-corrected chi connectivity index (χ3v) is 5.17. The number of rotatable bonds is 10. The van der Waals surface area contributed by atoms with Gasteiger partial charge in [-0.25, -0.2) is 4.98 Å². The Morgan fingerprint density at radius 1 is 1.14 bits per heavy atom. The van der Waals surface area contributed by atoms with Gasteiger partial charge in [0.05, 0.1) is 17.5 Å². The van der Waals surface area contributed by atoms with Crippen LogP contribution in [0.15, 0.2) is 23.9 Å². The van der Waals surface area contributed by atoms with Crippen molar-refractivity contribution in [2.24, 2.45) is 11.7 Å². The van der Waals surface area contributed by atoms with Crippen molar-refractivity contribution in [1.29, 1.82) is 0 Å². The highest BCUT2D eigenvalue weighted by molar-refractivity contribution is 5.72. The van der Waals surface area contributed by atoms with Gasteiger partial charge in [-0.05, 0) is 49.8 Å². The Balaban J connectivity index is 2.50. The van der Waals surface area contributed by atoms with Gasteiger partial charge < -0.3 is 20.5 Å². The second-order valence-electron chi connectivity index (χ2n) is 7.43. The fraction of sp³-hybridized carbons (Fsp3) is 0.609. The standard InChI is InChI=1S/C23H37N3O2/c1-7-16-13-21(28-17(8-2)9-3)20(14-24)25-22(16)18-11-12-19(15(5)6)26-23(18)27-10-4/h11-13,15,17,23,26H,7-10,14,24H2,1-6H3. The van der Waals surface area contributed by atoms with Gasteiger partial charge in [0, 0.05) is 24.4 Å². The molecule has 28 heavy (non-hydrogen) atoms. The number of nitrogens with one attached hydrogen (secondary N) is 1. The topological polar surface area (TPSA) is 69.4 Å². The molecule has 1 aromatic heterocycles. The monoisotopic (exact) mass is 387 g/mol. The Labute approximate surface area is 170 Å². The molecule has 0 spiro atoms. The molecule has 5 nitrogen and oxygen atoms in total. The lowest BCUT2D eigenvalue weighted by Crippen LogP contribution is -2.36. The molecule has 0 radical (unpaired) electrons. The van der Waals surface area contributed by atoms with Gasteiger partial charge in [0.1, 0.15) is 5.75 Å². The predicted molar refractivity (Wildman–Crippen MR) is 116 cm³/mol. The molecule has 156 valence electrons. The highest BCUT2D eigenvalue weighted by atomic mass is 16.5. The zero-order chi connectivity index (χ0) is 20.7. The van der Waals surface area contributed by atoms with Gasteiger partial charge in [-0.3, -0.25) is 0 Å². The maximum absolute atomic E-state index is 6.22. The minimum absolute atomic E-state index is 0.186. The van der Waals surface area contributed by atoms with E-state index >= 15 is 0 Å². The van der Waals surface area contributed by atoms with Crippen LogP contribution in [-0.2, 0) is 17.7 Å². The predicted octanol–water partition coefficient (Wildman–Crippen LogP) is 4.56. The zero-order valence-electron chi connectivity index (χ0n) is 18.3. The van der Waals surface area contributed by atoms with E-state index < -0.39 is 0 Å². The smallest absolute Gasteiger partial charge is 0.155 e. The quantitative estimate of drug-likeness (QED) is 0.616. The zero-order valence-corrected chi connectivity index (χ0v) is 18.3. The van der Waals surface area contributed by atoms with E-state index in [2.05, 4.69) is 58.2 Å². The Bertz CT molecular complexity index is 706. The van der Waals surface area contributed by atoms with Crippen molar-refractivity contribution in [3.05, 3.63) is 40.9 Å². The number of ether oxygens (including phenoxy) is 2. The van der Waals surface area contributed by atoms with Crippen LogP contribution in [0.1, 0.15) is 71.3 Å². The molecule has 0 saturated carbocycles. The van der Waals surface area contributed by atoms with Crippen molar-refractivity contribution in [2.45, 2.75) is 79.7 Å². The van der Waals surface area contributed by atoms with Crippen LogP contribution in [0.3, 0.4) is 0 Å². The van der Waals surface area contributed by atoms with E-state index in [1.165, 1.54) is 5.70 Å². The van der Waals surface area contributed by atoms with Crippen LogP contribution in [0.4, 0.5) is 0 Å². The van der Waals surface area contributed by atoms with E-state index in [9.17, 15) is 0 Å². The summed E-state index contributed by atoms with van der Waals surface area (Å²) >= 11 is 0. The third-order valence-electron chi connectivity index (χ3n) is 5.17. The number of pyridine rings is 1. The lowest BCUT2D eigenvalue weighted by Gasteiger charge is -2.30. The summed E-state index contributed by atoms with van der Waals surface area (Å²) < 4.78 is 12.2. The van der Waals surface area contributed by atoms with Gasteiger partial charge in [-0.1, -0.05) is 40.7 Å². The number of nitrogens with zero attached hydrogens (tertiary/aromatic N) is 1. The summed E-state index contributed by atoms with van der Waals surface area (Å²) in [7, 11) is 0. The van der Waals surface area contributed by atoms with Gasteiger partial charge >= 0.3 is 0 Å². The molecule has 2 rings (SSSR count). The molecule has 1 aliphatic heterocycles. The summed E-state index contributed by atoms with van der Waals surface area (Å²) in [4.78, 5) is 4.94. The molecule has 0 bridgehead atoms. The molecule has 1 aliphatic rings. The number of nitrogens with two attached hydrogens (primary N) is 1. The number of hydrogen-bond donors (Lipinski definition) is 2. The largest absolute Gasteiger partial charge is 0.488 e. The van der Waals surface area contributed by atoms with Gasteiger partial charge in [-0.15, -0.1) is 0 Å². The highest BCUT2D eigenvalue weighted by Crippen LogP contribution is 2.31. The van der Waals surface area contributed by atoms with Crippen LogP contribution in [0.5, 0.6) is 5.75 Å². The molecule has 0 amide bonds. The average molecular weight is 388 g/mol. The Morgan fingerprint density at radius 3 is 2.39 bits per heavy atom.